The van der Waals surface area contributed by atoms with Crippen molar-refractivity contribution in [2.24, 2.45) is 5.73 Å². The molecule has 3 nitrogen and oxygen atoms in total. The van der Waals surface area contributed by atoms with Gasteiger partial charge < -0.3 is 10.8 Å². The summed E-state index contributed by atoms with van der Waals surface area (Å²) in [6.07, 6.45) is 1.16. The lowest BCUT2D eigenvalue weighted by atomic mass is 9.86. The molecule has 0 aliphatic heterocycles. The molecular formula is C19H21NO2. The molecule has 0 spiro atoms. The van der Waals surface area contributed by atoms with Crippen molar-refractivity contribution in [1.82, 2.24) is 0 Å². The molecule has 0 aliphatic carbocycles. The van der Waals surface area contributed by atoms with Crippen LogP contribution in [0.25, 0.3) is 0 Å². The Hall–Kier alpha value is -2.55. The van der Waals surface area contributed by atoms with Gasteiger partial charge >= 0.3 is 5.97 Å². The van der Waals surface area contributed by atoms with Crippen LogP contribution in [0.5, 0.6) is 0 Å². The summed E-state index contributed by atoms with van der Waals surface area (Å²) < 4.78 is 0. The van der Waals surface area contributed by atoms with Crippen molar-refractivity contribution in [3.8, 4) is 0 Å². The Balaban J connectivity index is 2.27. The molecule has 2 rings (SSSR count). The average molecular weight is 295 g/mol. The number of aliphatic carboxylic acids is 1. The van der Waals surface area contributed by atoms with Gasteiger partial charge in [-0.3, -0.25) is 0 Å². The van der Waals surface area contributed by atoms with Crippen LogP contribution in [-0.2, 0) is 4.79 Å². The maximum Gasteiger partial charge on any atom is 0.333 e. The van der Waals surface area contributed by atoms with Gasteiger partial charge in [-0.2, -0.15) is 0 Å². The standard InChI is InChI=1S/C19H21NO2/c1-14(20)17(19(21)22)12-13-18(15-8-4-2-5-9-15)16-10-6-3-7-11-16/h2-11,18H,12-13,20H2,1H3,(H,21,22)/b17-14-. The second-order valence-electron chi connectivity index (χ2n) is 5.38. The fourth-order valence-corrected chi connectivity index (χ4v) is 2.66. The minimum absolute atomic E-state index is 0.163. The highest BCUT2D eigenvalue weighted by molar-refractivity contribution is 5.87. The SMILES string of the molecule is C/C(N)=C(\CCC(c1ccccc1)c1ccccc1)C(=O)O. The van der Waals surface area contributed by atoms with Crippen LogP contribution in [-0.4, -0.2) is 11.1 Å². The van der Waals surface area contributed by atoms with Crippen molar-refractivity contribution in [2.45, 2.75) is 25.7 Å². The van der Waals surface area contributed by atoms with Crippen LogP contribution in [0.15, 0.2) is 71.9 Å². The van der Waals surface area contributed by atoms with Gasteiger partial charge in [0.2, 0.25) is 0 Å². The van der Waals surface area contributed by atoms with Crippen molar-refractivity contribution in [1.29, 1.82) is 0 Å². The fourth-order valence-electron chi connectivity index (χ4n) is 2.66. The highest BCUT2D eigenvalue weighted by atomic mass is 16.4. The van der Waals surface area contributed by atoms with Crippen molar-refractivity contribution >= 4 is 5.97 Å². The smallest absolute Gasteiger partial charge is 0.333 e. The normalized spacial score (nSPS) is 12.1. The quantitative estimate of drug-likeness (QED) is 0.794. The first kappa shape index (κ1) is 15.8. The Morgan fingerprint density at radius 3 is 1.82 bits per heavy atom. The number of hydrogen-bond acceptors (Lipinski definition) is 2. The molecule has 0 atom stereocenters. The highest BCUT2D eigenvalue weighted by Gasteiger charge is 2.17. The second-order valence-corrected chi connectivity index (χ2v) is 5.38. The second kappa shape index (κ2) is 7.46. The zero-order chi connectivity index (χ0) is 15.9. The Labute approximate surface area is 131 Å². The molecule has 0 saturated carbocycles. The summed E-state index contributed by atoms with van der Waals surface area (Å²) in [4.78, 5) is 11.3. The maximum absolute atomic E-state index is 11.3. The molecular weight excluding hydrogens is 274 g/mol. The number of nitrogens with two attached hydrogens (primary N) is 1. The van der Waals surface area contributed by atoms with Gasteiger partial charge in [-0.05, 0) is 30.9 Å². The largest absolute Gasteiger partial charge is 0.478 e. The summed E-state index contributed by atoms with van der Waals surface area (Å²) in [5.41, 5.74) is 8.76. The van der Waals surface area contributed by atoms with Crippen LogP contribution in [0.2, 0.25) is 0 Å². The van der Waals surface area contributed by atoms with Crippen molar-refractivity contribution in [3.63, 3.8) is 0 Å². The van der Waals surface area contributed by atoms with Crippen LogP contribution in [0.4, 0.5) is 0 Å². The van der Waals surface area contributed by atoms with E-state index in [9.17, 15) is 9.90 Å². The maximum atomic E-state index is 11.3. The molecule has 2 aromatic carbocycles. The Morgan fingerprint density at radius 1 is 1.00 bits per heavy atom. The fraction of sp³-hybridized carbons (Fsp3) is 0.211. The van der Waals surface area contributed by atoms with E-state index in [0.29, 0.717) is 24.1 Å². The van der Waals surface area contributed by atoms with Gasteiger partial charge in [0.25, 0.3) is 0 Å². The van der Waals surface area contributed by atoms with E-state index in [1.807, 2.05) is 36.4 Å². The molecule has 114 valence electrons. The Morgan fingerprint density at radius 2 is 1.45 bits per heavy atom. The third kappa shape index (κ3) is 3.98. The van der Waals surface area contributed by atoms with E-state index in [4.69, 9.17) is 5.73 Å². The molecule has 3 heteroatoms. The Kier molecular flexibility index (Phi) is 5.37. The summed E-state index contributed by atoms with van der Waals surface area (Å²) in [6.45, 7) is 1.64. The molecule has 3 N–H and O–H groups in total. The molecule has 0 bridgehead atoms. The van der Waals surface area contributed by atoms with E-state index in [2.05, 4.69) is 24.3 Å². The molecule has 0 heterocycles. The van der Waals surface area contributed by atoms with Crippen LogP contribution in [0.3, 0.4) is 0 Å². The summed E-state index contributed by atoms with van der Waals surface area (Å²) in [7, 11) is 0. The topological polar surface area (TPSA) is 63.3 Å². The van der Waals surface area contributed by atoms with Gasteiger partial charge in [0.15, 0.2) is 0 Å². The first-order valence-electron chi connectivity index (χ1n) is 7.38. The molecule has 0 amide bonds. The van der Waals surface area contributed by atoms with Crippen molar-refractivity contribution in [2.75, 3.05) is 0 Å². The lowest BCUT2D eigenvalue weighted by Crippen LogP contribution is -2.10. The lowest BCUT2D eigenvalue weighted by Gasteiger charge is -2.18. The van der Waals surface area contributed by atoms with E-state index in [-0.39, 0.29) is 5.92 Å². The van der Waals surface area contributed by atoms with Crippen LogP contribution in [0.1, 0.15) is 36.8 Å². The van der Waals surface area contributed by atoms with Gasteiger partial charge in [0.05, 0.1) is 5.57 Å². The van der Waals surface area contributed by atoms with Gasteiger partial charge in [-0.1, -0.05) is 60.7 Å². The number of hydrogen-bond donors (Lipinski definition) is 2. The highest BCUT2D eigenvalue weighted by Crippen LogP contribution is 2.30. The van der Waals surface area contributed by atoms with E-state index in [0.717, 1.165) is 0 Å². The van der Waals surface area contributed by atoms with Gasteiger partial charge in [0, 0.05) is 11.6 Å². The van der Waals surface area contributed by atoms with Crippen molar-refractivity contribution < 1.29 is 9.90 Å². The van der Waals surface area contributed by atoms with Crippen molar-refractivity contribution in [3.05, 3.63) is 83.1 Å². The average Bonchev–Trinajstić information content (AvgIpc) is 2.52. The van der Waals surface area contributed by atoms with Crippen LogP contribution < -0.4 is 5.73 Å². The summed E-state index contributed by atoms with van der Waals surface area (Å²) in [5.74, 6) is -0.768. The minimum Gasteiger partial charge on any atom is -0.478 e. The number of carboxylic acids is 1. The molecule has 22 heavy (non-hydrogen) atoms. The van der Waals surface area contributed by atoms with E-state index < -0.39 is 5.97 Å². The predicted octanol–water partition coefficient (Wildman–Crippen LogP) is 3.92. The Bertz CT molecular complexity index is 604. The van der Waals surface area contributed by atoms with Crippen LogP contribution >= 0.6 is 0 Å². The van der Waals surface area contributed by atoms with Crippen LogP contribution in [0, 0.1) is 0 Å². The van der Waals surface area contributed by atoms with Gasteiger partial charge in [-0.25, -0.2) is 4.79 Å². The lowest BCUT2D eigenvalue weighted by molar-refractivity contribution is -0.132. The summed E-state index contributed by atoms with van der Waals surface area (Å²) in [5, 5.41) is 9.26. The molecule has 2 aromatic rings. The molecule has 0 fully saturated rings. The molecule has 0 saturated heterocycles. The zero-order valence-corrected chi connectivity index (χ0v) is 12.7. The molecule has 0 unspecified atom stereocenters. The minimum atomic E-state index is -0.931. The first-order chi connectivity index (χ1) is 10.6. The monoisotopic (exact) mass is 295 g/mol. The van der Waals surface area contributed by atoms with E-state index >= 15 is 0 Å². The predicted molar refractivity (Wildman–Crippen MR) is 88.5 cm³/mol. The third-order valence-corrected chi connectivity index (χ3v) is 3.82. The number of carboxylic acid groups (broad SMARTS) is 1. The number of allylic oxidation sites excluding steroid dienone is 1. The first-order valence-corrected chi connectivity index (χ1v) is 7.38. The number of benzene rings is 2. The van der Waals surface area contributed by atoms with Gasteiger partial charge in [-0.15, -0.1) is 0 Å². The molecule has 0 aliphatic rings. The zero-order valence-electron chi connectivity index (χ0n) is 12.7. The summed E-state index contributed by atoms with van der Waals surface area (Å²) >= 11 is 0. The molecule has 0 aromatic heterocycles. The van der Waals surface area contributed by atoms with Gasteiger partial charge in [0.1, 0.15) is 0 Å². The summed E-state index contributed by atoms with van der Waals surface area (Å²) in [6, 6.07) is 20.3. The third-order valence-electron chi connectivity index (χ3n) is 3.82. The van der Waals surface area contributed by atoms with E-state index in [1.165, 1.54) is 11.1 Å². The molecule has 0 radical (unpaired) electrons. The van der Waals surface area contributed by atoms with E-state index in [1.54, 1.807) is 6.92 Å². The number of carbonyl (C=O) groups is 1. The number of rotatable bonds is 6.